The van der Waals surface area contributed by atoms with Crippen molar-refractivity contribution in [3.8, 4) is 0 Å². The van der Waals surface area contributed by atoms with Gasteiger partial charge in [0.25, 0.3) is 0 Å². The molecule has 0 amide bonds. The van der Waals surface area contributed by atoms with Gasteiger partial charge >= 0.3 is 0 Å². The Balaban J connectivity index is 1.75. The second-order valence-electron chi connectivity index (χ2n) is 5.12. The molecule has 2 aromatic heterocycles. The van der Waals surface area contributed by atoms with E-state index in [2.05, 4.69) is 33.3 Å². The number of fused-ring (bicyclic) bond motifs is 1. The highest BCUT2D eigenvalue weighted by atomic mass is 32.1. The standard InChI is InChI=1S/C14H15N5S/c1-18-9-15-17-13(18)11-6-4-8-19(11)14-16-10-5-2-3-7-12(10)20-14/h2-3,5,7,9,11H,4,6,8H2,1H3. The summed E-state index contributed by atoms with van der Waals surface area (Å²) >= 11 is 1.76. The summed E-state index contributed by atoms with van der Waals surface area (Å²) in [6, 6.07) is 8.60. The van der Waals surface area contributed by atoms with Crippen molar-refractivity contribution in [3.05, 3.63) is 36.4 Å². The molecule has 0 spiro atoms. The van der Waals surface area contributed by atoms with Crippen LogP contribution >= 0.6 is 11.3 Å². The molecular weight excluding hydrogens is 270 g/mol. The first-order chi connectivity index (χ1) is 9.83. The fourth-order valence-corrected chi connectivity index (χ4v) is 3.88. The van der Waals surface area contributed by atoms with Crippen molar-refractivity contribution in [3.63, 3.8) is 0 Å². The molecule has 0 radical (unpaired) electrons. The molecule has 3 aromatic rings. The van der Waals surface area contributed by atoms with E-state index >= 15 is 0 Å². The maximum absolute atomic E-state index is 4.77. The first kappa shape index (κ1) is 11.8. The average molecular weight is 285 g/mol. The third-order valence-electron chi connectivity index (χ3n) is 3.83. The first-order valence-electron chi connectivity index (χ1n) is 6.79. The molecular formula is C14H15N5S. The smallest absolute Gasteiger partial charge is 0.187 e. The lowest BCUT2D eigenvalue weighted by atomic mass is 10.2. The van der Waals surface area contributed by atoms with Crippen LogP contribution in [0.25, 0.3) is 10.2 Å². The predicted molar refractivity (Wildman–Crippen MR) is 79.9 cm³/mol. The molecule has 0 saturated carbocycles. The monoisotopic (exact) mass is 285 g/mol. The van der Waals surface area contributed by atoms with E-state index in [1.165, 1.54) is 11.1 Å². The molecule has 0 aliphatic carbocycles. The Hall–Kier alpha value is -1.95. The minimum Gasteiger partial charge on any atom is -0.338 e. The zero-order chi connectivity index (χ0) is 13.5. The Morgan fingerprint density at radius 3 is 3.00 bits per heavy atom. The minimum atomic E-state index is 0.295. The lowest BCUT2D eigenvalue weighted by Gasteiger charge is -2.22. The number of nitrogens with zero attached hydrogens (tertiary/aromatic N) is 5. The molecule has 6 heteroatoms. The predicted octanol–water partition coefficient (Wildman–Crippen LogP) is 2.77. The fraction of sp³-hybridized carbons (Fsp3) is 0.357. The van der Waals surface area contributed by atoms with E-state index in [0.717, 1.165) is 29.4 Å². The number of para-hydroxylation sites is 1. The summed E-state index contributed by atoms with van der Waals surface area (Å²) in [4.78, 5) is 7.14. The number of aromatic nitrogens is 4. The molecule has 102 valence electrons. The van der Waals surface area contributed by atoms with Crippen molar-refractivity contribution >= 4 is 26.7 Å². The zero-order valence-corrected chi connectivity index (χ0v) is 12.0. The number of rotatable bonds is 2. The quantitative estimate of drug-likeness (QED) is 0.726. The summed E-state index contributed by atoms with van der Waals surface area (Å²) in [6.45, 7) is 1.04. The lowest BCUT2D eigenvalue weighted by molar-refractivity contribution is 0.628. The van der Waals surface area contributed by atoms with E-state index in [4.69, 9.17) is 4.98 Å². The number of hydrogen-bond acceptors (Lipinski definition) is 5. The molecule has 1 saturated heterocycles. The van der Waals surface area contributed by atoms with Crippen molar-refractivity contribution in [2.24, 2.45) is 7.05 Å². The van der Waals surface area contributed by atoms with E-state index in [1.54, 1.807) is 17.7 Å². The van der Waals surface area contributed by atoms with Crippen LogP contribution in [0.2, 0.25) is 0 Å². The molecule has 0 N–H and O–H groups in total. The molecule has 0 bridgehead atoms. The summed E-state index contributed by atoms with van der Waals surface area (Å²) in [7, 11) is 2.00. The normalized spacial score (nSPS) is 19.1. The highest BCUT2D eigenvalue weighted by molar-refractivity contribution is 7.22. The summed E-state index contributed by atoms with van der Waals surface area (Å²) in [5, 5.41) is 9.38. The Bertz CT molecular complexity index is 714. The third kappa shape index (κ3) is 1.79. The molecule has 1 aliphatic heterocycles. The van der Waals surface area contributed by atoms with Gasteiger partial charge in [0.05, 0.1) is 16.3 Å². The van der Waals surface area contributed by atoms with Crippen LogP contribution in [-0.2, 0) is 7.05 Å². The lowest BCUT2D eigenvalue weighted by Crippen LogP contribution is -2.24. The molecule has 1 unspecified atom stereocenters. The van der Waals surface area contributed by atoms with Gasteiger partial charge in [-0.05, 0) is 25.0 Å². The Labute approximate surface area is 120 Å². The summed E-state index contributed by atoms with van der Waals surface area (Å²) in [6.07, 6.45) is 4.06. The van der Waals surface area contributed by atoms with Gasteiger partial charge in [-0.2, -0.15) is 0 Å². The van der Waals surface area contributed by atoms with E-state index in [1.807, 2.05) is 17.7 Å². The van der Waals surface area contributed by atoms with Crippen molar-refractivity contribution in [2.45, 2.75) is 18.9 Å². The van der Waals surface area contributed by atoms with Gasteiger partial charge in [-0.25, -0.2) is 4.98 Å². The second kappa shape index (κ2) is 4.56. The Morgan fingerprint density at radius 1 is 1.30 bits per heavy atom. The van der Waals surface area contributed by atoms with E-state index in [-0.39, 0.29) is 0 Å². The molecule has 3 heterocycles. The molecule has 1 aliphatic rings. The summed E-state index contributed by atoms with van der Waals surface area (Å²) in [5.41, 5.74) is 1.08. The second-order valence-corrected chi connectivity index (χ2v) is 6.12. The highest BCUT2D eigenvalue weighted by Crippen LogP contribution is 2.38. The third-order valence-corrected chi connectivity index (χ3v) is 4.90. The van der Waals surface area contributed by atoms with Crippen LogP contribution in [0.5, 0.6) is 0 Å². The average Bonchev–Trinajstić information content (AvgIpc) is 3.15. The molecule has 4 rings (SSSR count). The number of hydrogen-bond donors (Lipinski definition) is 0. The Morgan fingerprint density at radius 2 is 2.20 bits per heavy atom. The van der Waals surface area contributed by atoms with Crippen LogP contribution in [0.3, 0.4) is 0 Å². The largest absolute Gasteiger partial charge is 0.338 e. The first-order valence-corrected chi connectivity index (χ1v) is 7.61. The van der Waals surface area contributed by atoms with Crippen LogP contribution < -0.4 is 4.90 Å². The Kier molecular flexibility index (Phi) is 2.70. The zero-order valence-electron chi connectivity index (χ0n) is 11.2. The van der Waals surface area contributed by atoms with Crippen molar-refractivity contribution in [1.29, 1.82) is 0 Å². The summed E-state index contributed by atoms with van der Waals surface area (Å²) < 4.78 is 3.25. The topological polar surface area (TPSA) is 46.8 Å². The summed E-state index contributed by atoms with van der Waals surface area (Å²) in [5.74, 6) is 1.03. The molecule has 1 atom stereocenters. The minimum absolute atomic E-state index is 0.295. The molecule has 1 fully saturated rings. The van der Waals surface area contributed by atoms with Gasteiger partial charge in [-0.3, -0.25) is 0 Å². The maximum atomic E-state index is 4.77. The van der Waals surface area contributed by atoms with Crippen molar-refractivity contribution in [1.82, 2.24) is 19.7 Å². The SMILES string of the molecule is Cn1cnnc1C1CCCN1c1nc2ccccc2s1. The van der Waals surface area contributed by atoms with E-state index < -0.39 is 0 Å². The van der Waals surface area contributed by atoms with Crippen LogP contribution in [-0.4, -0.2) is 26.3 Å². The van der Waals surface area contributed by atoms with Crippen LogP contribution in [0.1, 0.15) is 24.7 Å². The van der Waals surface area contributed by atoms with Gasteiger partial charge in [-0.1, -0.05) is 23.5 Å². The fourth-order valence-electron chi connectivity index (χ4n) is 2.84. The molecule has 1 aromatic carbocycles. The van der Waals surface area contributed by atoms with Gasteiger partial charge < -0.3 is 9.47 Å². The van der Waals surface area contributed by atoms with Crippen LogP contribution in [0, 0.1) is 0 Å². The molecule has 20 heavy (non-hydrogen) atoms. The van der Waals surface area contributed by atoms with Gasteiger partial charge in [0, 0.05) is 13.6 Å². The maximum Gasteiger partial charge on any atom is 0.187 e. The van der Waals surface area contributed by atoms with E-state index in [9.17, 15) is 0 Å². The van der Waals surface area contributed by atoms with Crippen molar-refractivity contribution < 1.29 is 0 Å². The van der Waals surface area contributed by atoms with Crippen LogP contribution in [0.4, 0.5) is 5.13 Å². The van der Waals surface area contributed by atoms with Gasteiger partial charge in [0.15, 0.2) is 11.0 Å². The molecule has 5 nitrogen and oxygen atoms in total. The van der Waals surface area contributed by atoms with E-state index in [0.29, 0.717) is 6.04 Å². The van der Waals surface area contributed by atoms with Crippen molar-refractivity contribution in [2.75, 3.05) is 11.4 Å². The number of thiazole rings is 1. The van der Waals surface area contributed by atoms with Gasteiger partial charge in [0.2, 0.25) is 0 Å². The number of aryl methyl sites for hydroxylation is 1. The highest BCUT2D eigenvalue weighted by Gasteiger charge is 2.31. The van der Waals surface area contributed by atoms with Gasteiger partial charge in [-0.15, -0.1) is 10.2 Å². The number of benzene rings is 1. The van der Waals surface area contributed by atoms with Gasteiger partial charge in [0.1, 0.15) is 6.33 Å². The number of anilines is 1. The van der Waals surface area contributed by atoms with Crippen LogP contribution in [0.15, 0.2) is 30.6 Å².